The predicted octanol–water partition coefficient (Wildman–Crippen LogP) is 4.80. The average Bonchev–Trinajstić information content (AvgIpc) is 3.31. The second kappa shape index (κ2) is 8.40. The topological polar surface area (TPSA) is 66.5 Å². The summed E-state index contributed by atoms with van der Waals surface area (Å²) in [6.45, 7) is 1.52. The molecule has 0 heterocycles. The van der Waals surface area contributed by atoms with E-state index >= 15 is 0 Å². The third-order valence-corrected chi connectivity index (χ3v) is 8.49. The average molecular weight is 467 g/mol. The maximum atomic E-state index is 13.5. The molecule has 2 aromatic carbocycles. The van der Waals surface area contributed by atoms with Crippen LogP contribution in [0, 0.1) is 18.8 Å². The van der Waals surface area contributed by atoms with Crippen molar-refractivity contribution in [2.45, 2.75) is 43.5 Å². The van der Waals surface area contributed by atoms with E-state index in [1.54, 1.807) is 18.2 Å². The Kier molecular flexibility index (Phi) is 6.02. The standard InChI is InChI=1S/C22H24Cl2N2O3S/c1-14-2-7-18(8-3-14)30(28,29)26(21-12-17(23)6-9-19(21)24)13-22(27)25-20-11-15-4-5-16(20)10-15/h2-3,6-9,12,15-16,20H,4-5,10-11,13H2,1H3,(H,25,27)/t15-,16-,20-/m0/s1. The van der Waals surface area contributed by atoms with Crippen molar-refractivity contribution in [1.29, 1.82) is 0 Å². The number of anilines is 1. The number of sulfonamides is 1. The Bertz CT molecular complexity index is 1060. The lowest BCUT2D eigenvalue weighted by Crippen LogP contribution is -2.46. The lowest BCUT2D eigenvalue weighted by molar-refractivity contribution is -0.120. The third kappa shape index (κ3) is 4.32. The molecule has 30 heavy (non-hydrogen) atoms. The number of nitrogens with one attached hydrogen (secondary N) is 1. The number of halogens is 2. The fourth-order valence-corrected chi connectivity index (χ4v) is 6.49. The van der Waals surface area contributed by atoms with Crippen LogP contribution in [0.5, 0.6) is 0 Å². The van der Waals surface area contributed by atoms with Crippen molar-refractivity contribution in [3.05, 3.63) is 58.1 Å². The minimum Gasteiger partial charge on any atom is -0.352 e. The van der Waals surface area contributed by atoms with Crippen molar-refractivity contribution in [1.82, 2.24) is 5.32 Å². The molecule has 2 aliphatic rings. The number of fused-ring (bicyclic) bond motifs is 2. The van der Waals surface area contributed by atoms with Crippen molar-refractivity contribution in [2.24, 2.45) is 11.8 Å². The fraction of sp³-hybridized carbons (Fsp3) is 0.409. The van der Waals surface area contributed by atoms with Gasteiger partial charge in [-0.15, -0.1) is 0 Å². The van der Waals surface area contributed by atoms with Crippen LogP contribution in [0.4, 0.5) is 5.69 Å². The van der Waals surface area contributed by atoms with Gasteiger partial charge < -0.3 is 5.32 Å². The number of hydrogen-bond acceptors (Lipinski definition) is 3. The number of hydrogen-bond donors (Lipinski definition) is 1. The molecule has 1 N–H and O–H groups in total. The van der Waals surface area contributed by atoms with E-state index in [2.05, 4.69) is 5.32 Å². The van der Waals surface area contributed by atoms with Crippen LogP contribution < -0.4 is 9.62 Å². The first-order chi connectivity index (χ1) is 14.2. The van der Waals surface area contributed by atoms with E-state index in [1.807, 2.05) is 6.92 Å². The molecule has 2 aliphatic carbocycles. The molecule has 1 amide bonds. The zero-order chi connectivity index (χ0) is 21.5. The van der Waals surface area contributed by atoms with Gasteiger partial charge in [-0.25, -0.2) is 8.42 Å². The SMILES string of the molecule is Cc1ccc(S(=O)(=O)N(CC(=O)N[C@H]2C[C@H]3CC[C@H]2C3)c2cc(Cl)ccc2Cl)cc1. The zero-order valence-corrected chi connectivity index (χ0v) is 19.0. The summed E-state index contributed by atoms with van der Waals surface area (Å²) < 4.78 is 28.0. The van der Waals surface area contributed by atoms with Gasteiger partial charge in [0, 0.05) is 11.1 Å². The van der Waals surface area contributed by atoms with Crippen molar-refractivity contribution in [2.75, 3.05) is 10.8 Å². The molecule has 0 spiro atoms. The number of amides is 1. The zero-order valence-electron chi connectivity index (χ0n) is 16.6. The van der Waals surface area contributed by atoms with Crippen LogP contribution in [0.2, 0.25) is 10.0 Å². The van der Waals surface area contributed by atoms with Crippen molar-refractivity contribution in [3.8, 4) is 0 Å². The quantitative estimate of drug-likeness (QED) is 0.664. The monoisotopic (exact) mass is 466 g/mol. The molecule has 2 bridgehead atoms. The summed E-state index contributed by atoms with van der Waals surface area (Å²) in [4.78, 5) is 13.0. The molecule has 4 rings (SSSR count). The highest BCUT2D eigenvalue weighted by Gasteiger charge is 2.40. The van der Waals surface area contributed by atoms with E-state index in [1.165, 1.54) is 30.7 Å². The van der Waals surface area contributed by atoms with Crippen LogP contribution in [0.25, 0.3) is 0 Å². The molecule has 0 aromatic heterocycles. The van der Waals surface area contributed by atoms with Gasteiger partial charge in [0.25, 0.3) is 10.0 Å². The van der Waals surface area contributed by atoms with Gasteiger partial charge in [-0.2, -0.15) is 0 Å². The Labute approximate surface area is 187 Å². The van der Waals surface area contributed by atoms with Gasteiger partial charge in [-0.05, 0) is 68.4 Å². The highest BCUT2D eigenvalue weighted by Crippen LogP contribution is 2.44. The Morgan fingerprint density at radius 3 is 2.47 bits per heavy atom. The van der Waals surface area contributed by atoms with E-state index in [4.69, 9.17) is 23.2 Å². The Morgan fingerprint density at radius 1 is 1.10 bits per heavy atom. The van der Waals surface area contributed by atoms with Crippen molar-refractivity contribution < 1.29 is 13.2 Å². The fourth-order valence-electron chi connectivity index (χ4n) is 4.62. The van der Waals surface area contributed by atoms with E-state index < -0.39 is 10.0 Å². The molecular formula is C22H24Cl2N2O3S. The van der Waals surface area contributed by atoms with Gasteiger partial charge in [0.05, 0.1) is 15.6 Å². The van der Waals surface area contributed by atoms with Crippen LogP contribution >= 0.6 is 23.2 Å². The van der Waals surface area contributed by atoms with Gasteiger partial charge in [-0.1, -0.05) is 47.3 Å². The minimum absolute atomic E-state index is 0.0943. The summed E-state index contributed by atoms with van der Waals surface area (Å²) in [6.07, 6.45) is 4.47. The van der Waals surface area contributed by atoms with E-state index in [-0.39, 0.29) is 34.1 Å². The number of rotatable bonds is 6. The molecule has 8 heteroatoms. The Balaban J connectivity index is 1.64. The number of aryl methyl sites for hydroxylation is 1. The first-order valence-corrected chi connectivity index (χ1v) is 12.3. The summed E-state index contributed by atoms with van der Waals surface area (Å²) >= 11 is 12.4. The minimum atomic E-state index is -4.02. The van der Waals surface area contributed by atoms with Gasteiger partial charge >= 0.3 is 0 Å². The van der Waals surface area contributed by atoms with Gasteiger partial charge in [-0.3, -0.25) is 9.10 Å². The van der Waals surface area contributed by atoms with E-state index in [0.29, 0.717) is 16.9 Å². The molecule has 0 unspecified atom stereocenters. The molecule has 2 fully saturated rings. The lowest BCUT2D eigenvalue weighted by atomic mass is 9.95. The number of carbonyl (C=O) groups is 1. The van der Waals surface area contributed by atoms with E-state index in [0.717, 1.165) is 29.1 Å². The highest BCUT2D eigenvalue weighted by molar-refractivity contribution is 7.92. The first kappa shape index (κ1) is 21.5. The molecule has 0 saturated heterocycles. The third-order valence-electron chi connectivity index (χ3n) is 6.16. The van der Waals surface area contributed by atoms with Crippen LogP contribution in [0.3, 0.4) is 0 Å². The van der Waals surface area contributed by atoms with Crippen molar-refractivity contribution >= 4 is 44.8 Å². The van der Waals surface area contributed by atoms with Gasteiger partial charge in [0.15, 0.2) is 0 Å². The number of nitrogens with zero attached hydrogens (tertiary/aromatic N) is 1. The highest BCUT2D eigenvalue weighted by atomic mass is 35.5. The van der Waals surface area contributed by atoms with Crippen LogP contribution in [-0.2, 0) is 14.8 Å². The summed E-state index contributed by atoms with van der Waals surface area (Å²) in [5.41, 5.74) is 1.13. The summed E-state index contributed by atoms with van der Waals surface area (Å²) in [5, 5.41) is 3.61. The first-order valence-electron chi connectivity index (χ1n) is 10.1. The van der Waals surface area contributed by atoms with Crippen molar-refractivity contribution in [3.63, 3.8) is 0 Å². The molecule has 2 aromatic rings. The lowest BCUT2D eigenvalue weighted by Gasteiger charge is -2.28. The van der Waals surface area contributed by atoms with E-state index in [9.17, 15) is 13.2 Å². The molecule has 2 saturated carbocycles. The van der Waals surface area contributed by atoms with Gasteiger partial charge in [0.1, 0.15) is 6.54 Å². The smallest absolute Gasteiger partial charge is 0.264 e. The molecule has 3 atom stereocenters. The Hall–Kier alpha value is -1.76. The largest absolute Gasteiger partial charge is 0.352 e. The number of benzene rings is 2. The molecule has 5 nitrogen and oxygen atoms in total. The maximum Gasteiger partial charge on any atom is 0.264 e. The molecule has 0 radical (unpaired) electrons. The van der Waals surface area contributed by atoms with Crippen LogP contribution in [0.15, 0.2) is 47.4 Å². The second-order valence-electron chi connectivity index (χ2n) is 8.27. The normalized spacial score (nSPS) is 22.8. The summed E-state index contributed by atoms with van der Waals surface area (Å²) in [6, 6.07) is 11.2. The second-order valence-corrected chi connectivity index (χ2v) is 11.0. The van der Waals surface area contributed by atoms with Crippen LogP contribution in [-0.4, -0.2) is 26.9 Å². The predicted molar refractivity (Wildman–Crippen MR) is 120 cm³/mol. The van der Waals surface area contributed by atoms with Crippen LogP contribution in [0.1, 0.15) is 31.2 Å². The maximum absolute atomic E-state index is 13.5. The number of carbonyl (C=O) groups excluding carboxylic acids is 1. The molecule has 0 aliphatic heterocycles. The summed E-state index contributed by atoms with van der Waals surface area (Å²) in [5.74, 6) is 0.838. The molecule has 160 valence electrons. The summed E-state index contributed by atoms with van der Waals surface area (Å²) in [7, 11) is -4.02. The van der Waals surface area contributed by atoms with Gasteiger partial charge in [0.2, 0.25) is 5.91 Å². The Morgan fingerprint density at radius 2 is 1.83 bits per heavy atom. The molecular weight excluding hydrogens is 443 g/mol.